The van der Waals surface area contributed by atoms with Crippen LogP contribution in [-0.4, -0.2) is 22.8 Å². The molecule has 0 bridgehead atoms. The summed E-state index contributed by atoms with van der Waals surface area (Å²) in [5.74, 6) is -2.02. The molecule has 3 N–H and O–H groups in total. The topological polar surface area (TPSA) is 63.3 Å². The van der Waals surface area contributed by atoms with Gasteiger partial charge in [-0.15, -0.1) is 0 Å². The van der Waals surface area contributed by atoms with Crippen LogP contribution in [0.15, 0.2) is 0 Å². The van der Waals surface area contributed by atoms with Crippen LogP contribution < -0.4 is 5.73 Å². The van der Waals surface area contributed by atoms with Crippen molar-refractivity contribution in [2.45, 2.75) is 37.9 Å². The third-order valence-electron chi connectivity index (χ3n) is 1.81. The minimum atomic E-state index is -4.89. The molecule has 0 spiro atoms. The van der Waals surface area contributed by atoms with Crippen LogP contribution in [0.1, 0.15) is 26.2 Å². The molecule has 0 aliphatic carbocycles. The first-order valence-corrected chi connectivity index (χ1v) is 3.84. The molecule has 0 heterocycles. The Hall–Kier alpha value is -0.780. The van der Waals surface area contributed by atoms with E-state index in [1.54, 1.807) is 6.92 Å². The van der Waals surface area contributed by atoms with Gasteiger partial charge in [-0.3, -0.25) is 0 Å². The quantitative estimate of drug-likeness (QED) is 0.721. The molecule has 0 amide bonds. The zero-order chi connectivity index (χ0) is 10.7. The van der Waals surface area contributed by atoms with Crippen molar-refractivity contribution in [3.8, 4) is 0 Å². The van der Waals surface area contributed by atoms with E-state index in [-0.39, 0.29) is 6.42 Å². The summed E-state index contributed by atoms with van der Waals surface area (Å²) in [6.07, 6.45) is -4.86. The fourth-order valence-corrected chi connectivity index (χ4v) is 0.826. The maximum Gasteiger partial charge on any atom is 0.417 e. The van der Waals surface area contributed by atoms with E-state index in [0.29, 0.717) is 6.42 Å². The Labute approximate surface area is 73.7 Å². The monoisotopic (exact) mass is 199 g/mol. The Morgan fingerprint density at radius 1 is 1.46 bits per heavy atom. The Kier molecular flexibility index (Phi) is 3.71. The van der Waals surface area contributed by atoms with Crippen molar-refractivity contribution in [3.63, 3.8) is 0 Å². The number of carbonyl (C=O) groups is 1. The normalized spacial score (nSPS) is 16.7. The standard InChI is InChI=1S/C7H12F3NO2/c1-2-3-4-6(11,5(12)13)7(8,9)10/h2-4,11H2,1H3,(H,12,13). The minimum absolute atomic E-state index is 0.141. The first kappa shape index (κ1) is 12.2. The van der Waals surface area contributed by atoms with E-state index in [4.69, 9.17) is 10.8 Å². The first-order chi connectivity index (χ1) is 5.75. The lowest BCUT2D eigenvalue weighted by atomic mass is 9.93. The van der Waals surface area contributed by atoms with Crippen LogP contribution in [0, 0.1) is 0 Å². The van der Waals surface area contributed by atoms with Crippen LogP contribution in [0.5, 0.6) is 0 Å². The van der Waals surface area contributed by atoms with Gasteiger partial charge in [0.2, 0.25) is 5.54 Å². The van der Waals surface area contributed by atoms with Crippen molar-refractivity contribution < 1.29 is 23.1 Å². The summed E-state index contributed by atoms with van der Waals surface area (Å²) in [7, 11) is 0. The molecule has 0 saturated carbocycles. The number of aliphatic carboxylic acids is 1. The number of nitrogens with two attached hydrogens (primary N) is 1. The second-order valence-electron chi connectivity index (χ2n) is 2.88. The molecule has 0 aliphatic rings. The molecular formula is C7H12F3NO2. The van der Waals surface area contributed by atoms with Gasteiger partial charge in [-0.05, 0) is 6.42 Å². The van der Waals surface area contributed by atoms with E-state index in [1.807, 2.05) is 0 Å². The molecule has 0 radical (unpaired) electrons. The molecule has 13 heavy (non-hydrogen) atoms. The van der Waals surface area contributed by atoms with Crippen molar-refractivity contribution in [3.05, 3.63) is 0 Å². The molecule has 0 aromatic carbocycles. The molecular weight excluding hydrogens is 187 g/mol. The minimum Gasteiger partial charge on any atom is -0.480 e. The van der Waals surface area contributed by atoms with Gasteiger partial charge in [0.15, 0.2) is 0 Å². The van der Waals surface area contributed by atoms with E-state index in [2.05, 4.69) is 0 Å². The molecule has 1 unspecified atom stereocenters. The van der Waals surface area contributed by atoms with Crippen molar-refractivity contribution in [1.29, 1.82) is 0 Å². The fraction of sp³-hybridized carbons (Fsp3) is 0.857. The number of carboxylic acid groups (broad SMARTS) is 1. The summed E-state index contributed by atoms with van der Waals surface area (Å²) in [5, 5.41) is 8.35. The Morgan fingerprint density at radius 3 is 2.15 bits per heavy atom. The van der Waals surface area contributed by atoms with Gasteiger partial charge in [-0.25, -0.2) is 4.79 Å². The molecule has 0 saturated heterocycles. The largest absolute Gasteiger partial charge is 0.480 e. The molecule has 0 fully saturated rings. The lowest BCUT2D eigenvalue weighted by Crippen LogP contribution is -2.59. The molecule has 1 atom stereocenters. The summed E-state index contributed by atoms with van der Waals surface area (Å²) in [6, 6.07) is 0. The first-order valence-electron chi connectivity index (χ1n) is 3.84. The van der Waals surface area contributed by atoms with Crippen molar-refractivity contribution in [1.82, 2.24) is 0 Å². The number of hydrogen-bond donors (Lipinski definition) is 2. The lowest BCUT2D eigenvalue weighted by Gasteiger charge is -2.26. The maximum atomic E-state index is 12.2. The van der Waals surface area contributed by atoms with Gasteiger partial charge >= 0.3 is 12.1 Å². The summed E-state index contributed by atoms with van der Waals surface area (Å²) in [4.78, 5) is 10.3. The third-order valence-corrected chi connectivity index (χ3v) is 1.81. The molecule has 6 heteroatoms. The summed E-state index contributed by atoms with van der Waals surface area (Å²) < 4.78 is 36.5. The van der Waals surface area contributed by atoms with Crippen LogP contribution in [-0.2, 0) is 4.79 Å². The second kappa shape index (κ2) is 3.95. The predicted molar refractivity (Wildman–Crippen MR) is 40.1 cm³/mol. The van der Waals surface area contributed by atoms with Crippen LogP contribution in [0.3, 0.4) is 0 Å². The number of hydrogen-bond acceptors (Lipinski definition) is 2. The molecule has 0 aliphatic heterocycles. The molecule has 0 aromatic rings. The Morgan fingerprint density at radius 2 is 1.92 bits per heavy atom. The smallest absolute Gasteiger partial charge is 0.417 e. The second-order valence-corrected chi connectivity index (χ2v) is 2.88. The van der Waals surface area contributed by atoms with E-state index in [9.17, 15) is 18.0 Å². The number of rotatable bonds is 4. The lowest BCUT2D eigenvalue weighted by molar-refractivity contribution is -0.203. The molecule has 3 nitrogen and oxygen atoms in total. The summed E-state index contributed by atoms with van der Waals surface area (Å²) in [5.41, 5.74) is 1.69. The third kappa shape index (κ3) is 2.58. The van der Waals surface area contributed by atoms with Gasteiger partial charge in [0, 0.05) is 0 Å². The van der Waals surface area contributed by atoms with Gasteiger partial charge < -0.3 is 10.8 Å². The van der Waals surface area contributed by atoms with E-state index < -0.39 is 24.1 Å². The molecule has 0 rings (SSSR count). The number of unbranched alkanes of at least 4 members (excludes halogenated alkanes) is 1. The summed E-state index contributed by atoms with van der Waals surface area (Å²) in [6.45, 7) is 1.67. The van der Waals surface area contributed by atoms with E-state index >= 15 is 0 Å². The maximum absolute atomic E-state index is 12.2. The van der Waals surface area contributed by atoms with Gasteiger partial charge in [0.1, 0.15) is 0 Å². The van der Waals surface area contributed by atoms with Crippen LogP contribution in [0.25, 0.3) is 0 Å². The highest BCUT2D eigenvalue weighted by Crippen LogP contribution is 2.32. The van der Waals surface area contributed by atoms with E-state index in [1.165, 1.54) is 0 Å². The highest BCUT2D eigenvalue weighted by atomic mass is 19.4. The fourth-order valence-electron chi connectivity index (χ4n) is 0.826. The average Bonchev–Trinajstić information content (AvgIpc) is 1.97. The number of alkyl halides is 3. The average molecular weight is 199 g/mol. The van der Waals surface area contributed by atoms with Crippen molar-refractivity contribution in [2.75, 3.05) is 0 Å². The van der Waals surface area contributed by atoms with Gasteiger partial charge in [-0.2, -0.15) is 13.2 Å². The van der Waals surface area contributed by atoms with Crippen LogP contribution in [0.4, 0.5) is 13.2 Å². The summed E-state index contributed by atoms with van der Waals surface area (Å²) >= 11 is 0. The zero-order valence-electron chi connectivity index (χ0n) is 7.19. The van der Waals surface area contributed by atoms with Crippen LogP contribution >= 0.6 is 0 Å². The highest BCUT2D eigenvalue weighted by Gasteiger charge is 2.57. The highest BCUT2D eigenvalue weighted by molar-refractivity contribution is 5.79. The number of carboxylic acids is 1. The SMILES string of the molecule is CCCCC(N)(C(=O)O)C(F)(F)F. The van der Waals surface area contributed by atoms with Gasteiger partial charge in [0.05, 0.1) is 0 Å². The van der Waals surface area contributed by atoms with E-state index in [0.717, 1.165) is 0 Å². The zero-order valence-corrected chi connectivity index (χ0v) is 7.19. The van der Waals surface area contributed by atoms with Crippen molar-refractivity contribution >= 4 is 5.97 Å². The number of halogens is 3. The Bertz CT molecular complexity index is 193. The van der Waals surface area contributed by atoms with Gasteiger partial charge in [-0.1, -0.05) is 19.8 Å². The van der Waals surface area contributed by atoms with Gasteiger partial charge in [0.25, 0.3) is 0 Å². The molecule has 78 valence electrons. The Balaban J connectivity index is 4.64. The van der Waals surface area contributed by atoms with Crippen LogP contribution in [0.2, 0.25) is 0 Å². The molecule has 0 aromatic heterocycles. The predicted octanol–water partition coefficient (Wildman–Crippen LogP) is 1.52. The van der Waals surface area contributed by atoms with Crippen molar-refractivity contribution in [2.24, 2.45) is 5.73 Å².